The zero-order valence-electron chi connectivity index (χ0n) is 12.1. The third-order valence-electron chi connectivity index (χ3n) is 4.19. The number of amides is 1. The summed E-state index contributed by atoms with van der Waals surface area (Å²) in [4.78, 5) is 17.2. The van der Waals surface area contributed by atoms with Gasteiger partial charge in [-0.3, -0.25) is 9.78 Å². The topological polar surface area (TPSA) is 45.2 Å². The van der Waals surface area contributed by atoms with Crippen LogP contribution in [0, 0.1) is 5.92 Å². The summed E-state index contributed by atoms with van der Waals surface area (Å²) >= 11 is 0. The zero-order chi connectivity index (χ0) is 15.7. The van der Waals surface area contributed by atoms with Crippen LogP contribution in [-0.2, 0) is 11.0 Å². The Morgan fingerprint density at radius 3 is 2.50 bits per heavy atom. The van der Waals surface area contributed by atoms with Gasteiger partial charge in [0.15, 0.2) is 0 Å². The Balaban J connectivity index is 1.60. The first kappa shape index (κ1) is 15.1. The second kappa shape index (κ2) is 5.78. The Kier molecular flexibility index (Phi) is 3.97. The number of nitrogens with zero attached hydrogens (tertiary/aromatic N) is 2. The zero-order valence-corrected chi connectivity index (χ0v) is 12.1. The van der Waals surface area contributed by atoms with Gasteiger partial charge in [-0.1, -0.05) is 0 Å². The van der Waals surface area contributed by atoms with E-state index in [4.69, 9.17) is 0 Å². The van der Waals surface area contributed by atoms with Crippen molar-refractivity contribution in [1.29, 1.82) is 0 Å². The minimum absolute atomic E-state index is 0.0271. The molecule has 2 heterocycles. The molecular weight excluding hydrogens is 295 g/mol. The van der Waals surface area contributed by atoms with Crippen molar-refractivity contribution in [1.82, 2.24) is 10.3 Å². The first-order valence-electron chi connectivity index (χ1n) is 7.52. The van der Waals surface area contributed by atoms with Gasteiger partial charge in [0.25, 0.3) is 0 Å². The lowest BCUT2D eigenvalue weighted by Gasteiger charge is -2.33. The molecule has 3 rings (SSSR count). The molecule has 1 aromatic heterocycles. The molecule has 0 spiro atoms. The van der Waals surface area contributed by atoms with Gasteiger partial charge in [0.05, 0.1) is 0 Å². The van der Waals surface area contributed by atoms with Gasteiger partial charge in [0, 0.05) is 36.9 Å². The molecule has 0 radical (unpaired) electrons. The van der Waals surface area contributed by atoms with E-state index in [1.165, 1.54) is 6.20 Å². The number of rotatable bonds is 3. The number of nitrogens with one attached hydrogen (secondary N) is 1. The van der Waals surface area contributed by atoms with Crippen molar-refractivity contribution < 1.29 is 18.0 Å². The van der Waals surface area contributed by atoms with Gasteiger partial charge in [0.1, 0.15) is 5.69 Å². The highest BCUT2D eigenvalue weighted by Gasteiger charge is 2.34. The largest absolute Gasteiger partial charge is 0.433 e. The second-order valence-electron chi connectivity index (χ2n) is 5.94. The third-order valence-corrected chi connectivity index (χ3v) is 4.19. The summed E-state index contributed by atoms with van der Waals surface area (Å²) < 4.78 is 38.1. The number of aromatic nitrogens is 1. The van der Waals surface area contributed by atoms with Crippen LogP contribution in [0.2, 0.25) is 0 Å². The van der Waals surface area contributed by atoms with Gasteiger partial charge in [0.2, 0.25) is 5.91 Å². The van der Waals surface area contributed by atoms with E-state index in [0.717, 1.165) is 18.9 Å². The Morgan fingerprint density at radius 1 is 1.23 bits per heavy atom. The standard InChI is InChI=1S/C15H18F3N3O/c16-15(17,18)13-9-12(3-6-19-13)21-7-4-10(5-8-21)14(22)20-11-1-2-11/h3,6,9-11H,1-2,4-5,7-8H2,(H,20,22). The van der Waals surface area contributed by atoms with Crippen LogP contribution in [-0.4, -0.2) is 30.0 Å². The maximum absolute atomic E-state index is 12.7. The average molecular weight is 313 g/mol. The summed E-state index contributed by atoms with van der Waals surface area (Å²) in [5.41, 5.74) is -0.359. The lowest BCUT2D eigenvalue weighted by atomic mass is 9.95. The SMILES string of the molecule is O=C(NC1CC1)C1CCN(c2ccnc(C(F)(F)F)c2)CC1. The van der Waals surface area contributed by atoms with Crippen molar-refractivity contribution >= 4 is 11.6 Å². The van der Waals surface area contributed by atoms with E-state index >= 15 is 0 Å². The van der Waals surface area contributed by atoms with E-state index in [-0.39, 0.29) is 11.8 Å². The van der Waals surface area contributed by atoms with E-state index in [0.29, 0.717) is 37.7 Å². The normalized spacial score (nSPS) is 20.0. The van der Waals surface area contributed by atoms with Crippen molar-refractivity contribution in [3.05, 3.63) is 24.0 Å². The van der Waals surface area contributed by atoms with Crippen LogP contribution >= 0.6 is 0 Å². The van der Waals surface area contributed by atoms with E-state index < -0.39 is 11.9 Å². The molecule has 1 saturated heterocycles. The average Bonchev–Trinajstić information content (AvgIpc) is 3.31. The molecule has 22 heavy (non-hydrogen) atoms. The molecule has 1 aliphatic heterocycles. The van der Waals surface area contributed by atoms with Gasteiger partial charge in [-0.25, -0.2) is 0 Å². The summed E-state index contributed by atoms with van der Waals surface area (Å²) in [5, 5.41) is 2.99. The van der Waals surface area contributed by atoms with Gasteiger partial charge < -0.3 is 10.2 Å². The Morgan fingerprint density at radius 2 is 1.91 bits per heavy atom. The molecule has 1 N–H and O–H groups in total. The van der Waals surface area contributed by atoms with Gasteiger partial charge in [-0.2, -0.15) is 13.2 Å². The molecule has 1 amide bonds. The molecule has 2 fully saturated rings. The molecule has 1 saturated carbocycles. The molecule has 2 aliphatic rings. The van der Waals surface area contributed by atoms with Crippen molar-refractivity contribution in [3.63, 3.8) is 0 Å². The van der Waals surface area contributed by atoms with Crippen LogP contribution in [0.5, 0.6) is 0 Å². The molecule has 1 aromatic rings. The molecule has 4 nitrogen and oxygen atoms in total. The highest BCUT2D eigenvalue weighted by Crippen LogP contribution is 2.31. The summed E-state index contributed by atoms with van der Waals surface area (Å²) in [5.74, 6) is 0.0635. The fourth-order valence-electron chi connectivity index (χ4n) is 2.72. The monoisotopic (exact) mass is 313 g/mol. The van der Waals surface area contributed by atoms with Crippen molar-refractivity contribution in [3.8, 4) is 0 Å². The lowest BCUT2D eigenvalue weighted by molar-refractivity contribution is -0.141. The van der Waals surface area contributed by atoms with E-state index in [9.17, 15) is 18.0 Å². The molecular formula is C15H18F3N3O. The number of carbonyl (C=O) groups excluding carboxylic acids is 1. The number of halogens is 3. The molecule has 0 unspecified atom stereocenters. The number of piperidine rings is 1. The van der Waals surface area contributed by atoms with Crippen LogP contribution in [0.4, 0.5) is 18.9 Å². The van der Waals surface area contributed by atoms with Crippen LogP contribution in [0.25, 0.3) is 0 Å². The number of pyridine rings is 1. The number of hydrogen-bond acceptors (Lipinski definition) is 3. The first-order chi connectivity index (χ1) is 10.4. The smallest absolute Gasteiger partial charge is 0.371 e. The van der Waals surface area contributed by atoms with Crippen molar-refractivity contribution in [2.75, 3.05) is 18.0 Å². The molecule has 0 bridgehead atoms. The fourth-order valence-corrected chi connectivity index (χ4v) is 2.72. The maximum atomic E-state index is 12.7. The summed E-state index contributed by atoms with van der Waals surface area (Å²) in [7, 11) is 0. The van der Waals surface area contributed by atoms with Crippen LogP contribution in [0.1, 0.15) is 31.4 Å². The van der Waals surface area contributed by atoms with Gasteiger partial charge in [-0.15, -0.1) is 0 Å². The summed E-state index contributed by atoms with van der Waals surface area (Å²) in [6.07, 6.45) is 0.205. The van der Waals surface area contributed by atoms with Gasteiger partial charge >= 0.3 is 6.18 Å². The Bertz CT molecular complexity index is 549. The lowest BCUT2D eigenvalue weighted by Crippen LogP contribution is -2.41. The second-order valence-corrected chi connectivity index (χ2v) is 5.94. The highest BCUT2D eigenvalue weighted by molar-refractivity contribution is 5.79. The highest BCUT2D eigenvalue weighted by atomic mass is 19.4. The number of hydrogen-bond donors (Lipinski definition) is 1. The molecule has 0 atom stereocenters. The minimum Gasteiger partial charge on any atom is -0.371 e. The maximum Gasteiger partial charge on any atom is 0.433 e. The number of anilines is 1. The van der Waals surface area contributed by atoms with E-state index in [1.807, 2.05) is 4.90 Å². The Hall–Kier alpha value is -1.79. The summed E-state index contributed by atoms with van der Waals surface area (Å²) in [6.45, 7) is 1.17. The quantitative estimate of drug-likeness (QED) is 0.933. The molecule has 7 heteroatoms. The van der Waals surface area contributed by atoms with E-state index in [1.54, 1.807) is 6.07 Å². The molecule has 0 aromatic carbocycles. The van der Waals surface area contributed by atoms with Crippen LogP contribution in [0.15, 0.2) is 18.3 Å². The van der Waals surface area contributed by atoms with Crippen molar-refractivity contribution in [2.45, 2.75) is 37.9 Å². The first-order valence-corrected chi connectivity index (χ1v) is 7.52. The van der Waals surface area contributed by atoms with Crippen LogP contribution in [0.3, 0.4) is 0 Å². The predicted octanol–water partition coefficient (Wildman–Crippen LogP) is 2.60. The van der Waals surface area contributed by atoms with Gasteiger partial charge in [-0.05, 0) is 37.8 Å². The minimum atomic E-state index is -4.43. The number of carbonyl (C=O) groups is 1. The van der Waals surface area contributed by atoms with Crippen molar-refractivity contribution in [2.24, 2.45) is 5.92 Å². The molecule has 120 valence electrons. The Labute approximate surface area is 126 Å². The van der Waals surface area contributed by atoms with Crippen LogP contribution < -0.4 is 10.2 Å². The molecule has 1 aliphatic carbocycles. The third kappa shape index (κ3) is 3.51. The summed E-state index contributed by atoms with van der Waals surface area (Å²) in [6, 6.07) is 3.00. The predicted molar refractivity (Wildman–Crippen MR) is 75.3 cm³/mol. The number of alkyl halides is 3. The fraction of sp³-hybridized carbons (Fsp3) is 0.600. The van der Waals surface area contributed by atoms with E-state index in [2.05, 4.69) is 10.3 Å².